The second-order valence-electron chi connectivity index (χ2n) is 5.14. The summed E-state index contributed by atoms with van der Waals surface area (Å²) in [6.07, 6.45) is 4.75. The Bertz CT molecular complexity index is 380. The molecular formula is C15H23FN2O2. The monoisotopic (exact) mass is 282 g/mol. The highest BCUT2D eigenvalue weighted by atomic mass is 19.1. The molecule has 0 aliphatic carbocycles. The summed E-state index contributed by atoms with van der Waals surface area (Å²) >= 11 is 0. The average molecular weight is 282 g/mol. The summed E-state index contributed by atoms with van der Waals surface area (Å²) in [6, 6.07) is 3.26. The molecule has 2 heterocycles. The van der Waals surface area contributed by atoms with Crippen LogP contribution in [-0.4, -0.2) is 37.5 Å². The Hall–Kier alpha value is -1.04. The summed E-state index contributed by atoms with van der Waals surface area (Å²) in [6.45, 7) is 5.18. The van der Waals surface area contributed by atoms with Gasteiger partial charge in [-0.1, -0.05) is 0 Å². The number of halogens is 1. The Kier molecular flexibility index (Phi) is 6.36. The van der Waals surface area contributed by atoms with Crippen molar-refractivity contribution in [1.82, 2.24) is 10.3 Å². The molecule has 2 atom stereocenters. The van der Waals surface area contributed by atoms with Gasteiger partial charge in [0.25, 0.3) is 0 Å². The van der Waals surface area contributed by atoms with Crippen LogP contribution in [0.1, 0.15) is 37.9 Å². The fourth-order valence-electron chi connectivity index (χ4n) is 2.23. The summed E-state index contributed by atoms with van der Waals surface area (Å²) in [5.41, 5.74) is 0.853. The first kappa shape index (κ1) is 15.4. The zero-order chi connectivity index (χ0) is 14.2. The lowest BCUT2D eigenvalue weighted by atomic mass is 10.2. The highest BCUT2D eigenvalue weighted by Crippen LogP contribution is 2.12. The van der Waals surface area contributed by atoms with Gasteiger partial charge in [0.05, 0.1) is 24.6 Å². The molecule has 1 aromatic heterocycles. The Morgan fingerprint density at radius 2 is 2.45 bits per heavy atom. The van der Waals surface area contributed by atoms with Gasteiger partial charge in [-0.15, -0.1) is 0 Å². The molecule has 0 saturated carbocycles. The molecule has 112 valence electrons. The van der Waals surface area contributed by atoms with Crippen molar-refractivity contribution in [2.24, 2.45) is 0 Å². The van der Waals surface area contributed by atoms with Crippen LogP contribution in [0.2, 0.25) is 0 Å². The summed E-state index contributed by atoms with van der Waals surface area (Å²) in [5.74, 6) is -0.302. The Labute approximate surface area is 119 Å². The lowest BCUT2D eigenvalue weighted by Gasteiger charge is -2.14. The molecule has 1 aromatic rings. The first-order valence-electron chi connectivity index (χ1n) is 7.30. The van der Waals surface area contributed by atoms with E-state index in [9.17, 15) is 4.39 Å². The first-order chi connectivity index (χ1) is 9.75. The number of pyridine rings is 1. The third-order valence-corrected chi connectivity index (χ3v) is 3.44. The zero-order valence-electron chi connectivity index (χ0n) is 12.0. The van der Waals surface area contributed by atoms with Gasteiger partial charge in [-0.3, -0.25) is 4.98 Å². The smallest absolute Gasteiger partial charge is 0.141 e. The van der Waals surface area contributed by atoms with E-state index in [4.69, 9.17) is 9.47 Å². The van der Waals surface area contributed by atoms with Crippen LogP contribution in [0.4, 0.5) is 4.39 Å². The fourth-order valence-corrected chi connectivity index (χ4v) is 2.23. The van der Waals surface area contributed by atoms with Gasteiger partial charge in [0.2, 0.25) is 0 Å². The Morgan fingerprint density at radius 3 is 3.15 bits per heavy atom. The van der Waals surface area contributed by atoms with E-state index in [0.717, 1.165) is 44.7 Å². The fraction of sp³-hybridized carbons (Fsp3) is 0.667. The summed E-state index contributed by atoms with van der Waals surface area (Å²) in [5, 5.41) is 3.35. The van der Waals surface area contributed by atoms with Gasteiger partial charge in [0.1, 0.15) is 5.82 Å². The maximum Gasteiger partial charge on any atom is 0.141 e. The van der Waals surface area contributed by atoms with E-state index in [1.807, 2.05) is 6.92 Å². The first-order valence-corrected chi connectivity index (χ1v) is 7.30. The Morgan fingerprint density at radius 1 is 1.55 bits per heavy atom. The van der Waals surface area contributed by atoms with Gasteiger partial charge in [-0.2, -0.15) is 0 Å². The molecule has 0 bridgehead atoms. The molecule has 1 saturated heterocycles. The molecule has 0 amide bonds. The largest absolute Gasteiger partial charge is 0.379 e. The molecule has 1 aliphatic rings. The van der Waals surface area contributed by atoms with E-state index in [2.05, 4.69) is 10.3 Å². The van der Waals surface area contributed by atoms with Gasteiger partial charge in [0.15, 0.2) is 0 Å². The van der Waals surface area contributed by atoms with Crippen molar-refractivity contribution in [2.75, 3.05) is 26.4 Å². The van der Waals surface area contributed by atoms with Crippen molar-refractivity contribution in [1.29, 1.82) is 0 Å². The zero-order valence-corrected chi connectivity index (χ0v) is 12.0. The number of aromatic nitrogens is 1. The van der Waals surface area contributed by atoms with E-state index in [-0.39, 0.29) is 11.9 Å². The van der Waals surface area contributed by atoms with E-state index in [0.29, 0.717) is 12.7 Å². The second kappa shape index (κ2) is 8.29. The van der Waals surface area contributed by atoms with Crippen LogP contribution in [-0.2, 0) is 9.47 Å². The molecule has 2 unspecified atom stereocenters. The van der Waals surface area contributed by atoms with Crippen LogP contribution < -0.4 is 5.32 Å². The SMILES string of the molecule is CC(NCCCOCC1CCCO1)c1ccc(F)cn1. The highest BCUT2D eigenvalue weighted by molar-refractivity contribution is 5.08. The van der Waals surface area contributed by atoms with Crippen LogP contribution >= 0.6 is 0 Å². The number of nitrogens with zero attached hydrogens (tertiary/aromatic N) is 1. The van der Waals surface area contributed by atoms with Gasteiger partial charge in [-0.05, 0) is 44.9 Å². The Balaban J connectivity index is 1.52. The average Bonchev–Trinajstić information content (AvgIpc) is 2.96. The maximum atomic E-state index is 12.8. The summed E-state index contributed by atoms with van der Waals surface area (Å²) in [4.78, 5) is 4.06. The summed E-state index contributed by atoms with van der Waals surface area (Å²) in [7, 11) is 0. The molecule has 2 rings (SSSR count). The third kappa shape index (κ3) is 5.15. The van der Waals surface area contributed by atoms with E-state index in [1.54, 1.807) is 6.07 Å². The van der Waals surface area contributed by atoms with Crippen LogP contribution in [0.3, 0.4) is 0 Å². The van der Waals surface area contributed by atoms with Crippen LogP contribution in [0.25, 0.3) is 0 Å². The molecule has 1 N–H and O–H groups in total. The van der Waals surface area contributed by atoms with Crippen LogP contribution in [0.5, 0.6) is 0 Å². The lowest BCUT2D eigenvalue weighted by Crippen LogP contribution is -2.22. The molecule has 20 heavy (non-hydrogen) atoms. The van der Waals surface area contributed by atoms with Gasteiger partial charge in [-0.25, -0.2) is 4.39 Å². The topological polar surface area (TPSA) is 43.4 Å². The minimum Gasteiger partial charge on any atom is -0.379 e. The van der Waals surface area contributed by atoms with Crippen molar-refractivity contribution >= 4 is 0 Å². The van der Waals surface area contributed by atoms with Gasteiger partial charge in [0, 0.05) is 19.3 Å². The van der Waals surface area contributed by atoms with Crippen LogP contribution in [0, 0.1) is 5.82 Å². The molecule has 4 nitrogen and oxygen atoms in total. The number of hydrogen-bond acceptors (Lipinski definition) is 4. The second-order valence-corrected chi connectivity index (χ2v) is 5.14. The number of nitrogens with one attached hydrogen (secondary N) is 1. The van der Waals surface area contributed by atoms with Gasteiger partial charge < -0.3 is 14.8 Å². The normalized spacial score (nSPS) is 20.2. The van der Waals surface area contributed by atoms with Crippen molar-refractivity contribution in [3.63, 3.8) is 0 Å². The molecule has 0 aromatic carbocycles. The predicted octanol–water partition coefficient (Wildman–Crippen LogP) is 2.46. The maximum absolute atomic E-state index is 12.8. The van der Waals surface area contributed by atoms with E-state index in [1.165, 1.54) is 12.3 Å². The van der Waals surface area contributed by atoms with Crippen molar-refractivity contribution in [3.05, 3.63) is 29.8 Å². The van der Waals surface area contributed by atoms with Crippen molar-refractivity contribution in [2.45, 2.75) is 38.3 Å². The molecule has 1 aliphatic heterocycles. The standard InChI is InChI=1S/C15H23FN2O2/c1-12(15-6-5-13(16)10-18-15)17-7-3-8-19-11-14-4-2-9-20-14/h5-6,10,12,14,17H,2-4,7-9,11H2,1H3. The van der Waals surface area contributed by atoms with Gasteiger partial charge >= 0.3 is 0 Å². The van der Waals surface area contributed by atoms with E-state index >= 15 is 0 Å². The minimum atomic E-state index is -0.302. The molecule has 5 heteroatoms. The summed E-state index contributed by atoms with van der Waals surface area (Å²) < 4.78 is 23.8. The predicted molar refractivity (Wildman–Crippen MR) is 75.0 cm³/mol. The minimum absolute atomic E-state index is 0.119. The molecule has 0 spiro atoms. The molecule has 1 fully saturated rings. The van der Waals surface area contributed by atoms with Crippen molar-refractivity contribution in [3.8, 4) is 0 Å². The van der Waals surface area contributed by atoms with Crippen molar-refractivity contribution < 1.29 is 13.9 Å². The molecular weight excluding hydrogens is 259 g/mol. The number of rotatable bonds is 8. The third-order valence-electron chi connectivity index (χ3n) is 3.44. The van der Waals surface area contributed by atoms with Crippen LogP contribution in [0.15, 0.2) is 18.3 Å². The number of hydrogen-bond donors (Lipinski definition) is 1. The number of ether oxygens (including phenoxy) is 2. The quantitative estimate of drug-likeness (QED) is 0.744. The van der Waals surface area contributed by atoms with E-state index < -0.39 is 0 Å². The molecule has 0 radical (unpaired) electrons. The lowest BCUT2D eigenvalue weighted by molar-refractivity contribution is 0.0165. The highest BCUT2D eigenvalue weighted by Gasteiger charge is 2.14.